The van der Waals surface area contributed by atoms with Gasteiger partial charge in [-0.25, -0.2) is 4.99 Å². The molecule has 2 saturated heterocycles. The zero-order valence-corrected chi connectivity index (χ0v) is 22.1. The molecule has 0 aliphatic carbocycles. The van der Waals surface area contributed by atoms with Crippen molar-refractivity contribution in [1.82, 2.24) is 9.80 Å². The Kier molecular flexibility index (Phi) is 8.33. The number of hydrogen-bond donors (Lipinski definition) is 1. The monoisotopic (exact) mass is 543 g/mol. The van der Waals surface area contributed by atoms with Gasteiger partial charge in [-0.2, -0.15) is 0 Å². The number of thioether (sulfide) groups is 1. The predicted molar refractivity (Wildman–Crippen MR) is 153 cm³/mol. The molecule has 2 heterocycles. The van der Waals surface area contributed by atoms with Crippen molar-refractivity contribution in [2.24, 2.45) is 4.99 Å². The molecule has 2 aliphatic heterocycles. The van der Waals surface area contributed by atoms with Crippen LogP contribution in [-0.2, 0) is 16.1 Å². The number of likely N-dealkylation sites (tertiary alicyclic amines) is 1. The van der Waals surface area contributed by atoms with E-state index in [9.17, 15) is 19.7 Å². The maximum absolute atomic E-state index is 13.7. The topological polar surface area (TPSA) is 108 Å². The van der Waals surface area contributed by atoms with Crippen LogP contribution in [0.3, 0.4) is 0 Å². The maximum atomic E-state index is 13.7. The van der Waals surface area contributed by atoms with Crippen LogP contribution in [0.5, 0.6) is 0 Å². The lowest BCUT2D eigenvalue weighted by Gasteiger charge is -2.36. The maximum Gasteiger partial charge on any atom is 0.294 e. The molecule has 1 atom stereocenters. The smallest absolute Gasteiger partial charge is 0.294 e. The van der Waals surface area contributed by atoms with E-state index < -0.39 is 10.2 Å². The molecule has 39 heavy (non-hydrogen) atoms. The van der Waals surface area contributed by atoms with Crippen LogP contribution >= 0.6 is 11.8 Å². The molecule has 0 radical (unpaired) electrons. The highest BCUT2D eigenvalue weighted by Gasteiger charge is 2.43. The van der Waals surface area contributed by atoms with Gasteiger partial charge in [-0.05, 0) is 36.6 Å². The van der Waals surface area contributed by atoms with Gasteiger partial charge in [-0.15, -0.1) is 0 Å². The quantitative estimate of drug-likeness (QED) is 0.308. The molecule has 2 amide bonds. The van der Waals surface area contributed by atoms with Gasteiger partial charge < -0.3 is 5.32 Å². The fourth-order valence-corrected chi connectivity index (χ4v) is 6.13. The molecule has 0 saturated carbocycles. The Morgan fingerprint density at radius 1 is 0.974 bits per heavy atom. The number of nitro groups is 1. The number of anilines is 1. The Labute approximate surface area is 231 Å². The molecule has 2 aliphatic rings. The van der Waals surface area contributed by atoms with E-state index in [4.69, 9.17) is 0 Å². The number of amidine groups is 1. The fourth-order valence-electron chi connectivity index (χ4n) is 4.92. The van der Waals surface area contributed by atoms with Gasteiger partial charge >= 0.3 is 0 Å². The summed E-state index contributed by atoms with van der Waals surface area (Å²) in [5, 5.41) is 14.2. The molecule has 10 heteroatoms. The number of rotatable bonds is 8. The number of carbonyl (C=O) groups excluding carboxylic acids is 2. The number of hydrogen-bond acceptors (Lipinski definition) is 7. The Morgan fingerprint density at radius 3 is 2.31 bits per heavy atom. The van der Waals surface area contributed by atoms with Crippen molar-refractivity contribution in [1.29, 1.82) is 0 Å². The first-order valence-corrected chi connectivity index (χ1v) is 13.8. The van der Waals surface area contributed by atoms with E-state index in [-0.39, 0.29) is 35.7 Å². The fraction of sp³-hybridized carbons (Fsp3) is 0.276. The van der Waals surface area contributed by atoms with Crippen LogP contribution < -0.4 is 5.32 Å². The van der Waals surface area contributed by atoms with Gasteiger partial charge in [0.15, 0.2) is 5.17 Å². The van der Waals surface area contributed by atoms with Crippen molar-refractivity contribution >= 4 is 45.8 Å². The number of nitrogens with zero attached hydrogens (tertiary/aromatic N) is 4. The van der Waals surface area contributed by atoms with Gasteiger partial charge in [0, 0.05) is 43.9 Å². The van der Waals surface area contributed by atoms with Crippen molar-refractivity contribution in [2.75, 3.05) is 18.4 Å². The lowest BCUT2D eigenvalue weighted by atomic mass is 10.0. The number of nitro benzene ring substituents is 1. The summed E-state index contributed by atoms with van der Waals surface area (Å²) < 4.78 is 0. The van der Waals surface area contributed by atoms with Gasteiger partial charge in [-0.1, -0.05) is 72.4 Å². The van der Waals surface area contributed by atoms with E-state index in [0.29, 0.717) is 10.9 Å². The second kappa shape index (κ2) is 12.2. The second-order valence-corrected chi connectivity index (χ2v) is 10.7. The molecule has 0 bridgehead atoms. The van der Waals surface area contributed by atoms with Crippen molar-refractivity contribution < 1.29 is 14.5 Å². The van der Waals surface area contributed by atoms with E-state index in [1.165, 1.54) is 23.4 Å². The van der Waals surface area contributed by atoms with E-state index in [2.05, 4.69) is 27.3 Å². The zero-order chi connectivity index (χ0) is 27.2. The summed E-state index contributed by atoms with van der Waals surface area (Å²) >= 11 is 1.21. The van der Waals surface area contributed by atoms with E-state index >= 15 is 0 Å². The largest absolute Gasteiger partial charge is 0.326 e. The molecule has 9 nitrogen and oxygen atoms in total. The SMILES string of the molecule is O=C(CC1SC(=Nc2ccccc2[N+](=O)[O-])N(C2CCN(Cc3ccccc3)CC2)C1=O)Nc1ccccc1. The van der Waals surface area contributed by atoms with Gasteiger partial charge in [0.2, 0.25) is 11.8 Å². The number of carbonyl (C=O) groups is 2. The molecule has 1 N–H and O–H groups in total. The Balaban J connectivity index is 1.34. The number of para-hydroxylation sites is 3. The molecular weight excluding hydrogens is 514 g/mol. The minimum absolute atomic E-state index is 0.0162. The lowest BCUT2D eigenvalue weighted by Crippen LogP contribution is -2.47. The first-order valence-electron chi connectivity index (χ1n) is 12.9. The van der Waals surface area contributed by atoms with E-state index in [1.54, 1.807) is 35.2 Å². The van der Waals surface area contributed by atoms with Crippen molar-refractivity contribution in [3.63, 3.8) is 0 Å². The molecular formula is C29H29N5O4S. The summed E-state index contributed by atoms with van der Waals surface area (Å²) in [5.41, 5.74) is 1.97. The summed E-state index contributed by atoms with van der Waals surface area (Å²) in [4.78, 5) is 46.3. The average molecular weight is 544 g/mol. The van der Waals surface area contributed by atoms with Gasteiger partial charge in [-0.3, -0.25) is 29.5 Å². The molecule has 0 aromatic heterocycles. The summed E-state index contributed by atoms with van der Waals surface area (Å²) in [6.45, 7) is 2.47. The number of benzene rings is 3. The molecule has 3 aromatic carbocycles. The van der Waals surface area contributed by atoms with Gasteiger partial charge in [0.1, 0.15) is 10.9 Å². The minimum Gasteiger partial charge on any atom is -0.326 e. The zero-order valence-electron chi connectivity index (χ0n) is 21.3. The lowest BCUT2D eigenvalue weighted by molar-refractivity contribution is -0.384. The Morgan fingerprint density at radius 2 is 1.62 bits per heavy atom. The summed E-state index contributed by atoms with van der Waals surface area (Å²) in [6.07, 6.45) is 1.48. The first kappa shape index (κ1) is 26.6. The first-order chi connectivity index (χ1) is 19.0. The summed E-state index contributed by atoms with van der Waals surface area (Å²) in [7, 11) is 0. The van der Waals surface area contributed by atoms with E-state index in [0.717, 1.165) is 32.5 Å². The number of nitrogens with one attached hydrogen (secondary N) is 1. The van der Waals surface area contributed by atoms with Crippen molar-refractivity contribution in [3.05, 3.63) is 101 Å². The van der Waals surface area contributed by atoms with Crippen LogP contribution in [0, 0.1) is 10.1 Å². The highest BCUT2D eigenvalue weighted by molar-refractivity contribution is 8.15. The average Bonchev–Trinajstić information content (AvgIpc) is 3.24. The Hall–Kier alpha value is -4.02. The van der Waals surface area contributed by atoms with Crippen LogP contribution in [0.2, 0.25) is 0 Å². The summed E-state index contributed by atoms with van der Waals surface area (Å²) in [6, 6.07) is 25.5. The van der Waals surface area contributed by atoms with Crippen molar-refractivity contribution in [3.8, 4) is 0 Å². The summed E-state index contributed by atoms with van der Waals surface area (Å²) in [5.74, 6) is -0.446. The van der Waals surface area contributed by atoms with Crippen LogP contribution in [0.1, 0.15) is 24.8 Å². The normalized spacial score (nSPS) is 19.4. The van der Waals surface area contributed by atoms with Gasteiger partial charge in [0.05, 0.1) is 4.92 Å². The third kappa shape index (κ3) is 6.52. The highest BCUT2D eigenvalue weighted by atomic mass is 32.2. The molecule has 200 valence electrons. The van der Waals surface area contributed by atoms with Crippen LogP contribution in [0.25, 0.3) is 0 Å². The minimum atomic E-state index is -0.655. The second-order valence-electron chi connectivity index (χ2n) is 9.57. The van der Waals surface area contributed by atoms with E-state index in [1.807, 2.05) is 36.4 Å². The molecule has 3 aromatic rings. The number of piperidine rings is 1. The van der Waals surface area contributed by atoms with Crippen LogP contribution in [0.15, 0.2) is 89.9 Å². The van der Waals surface area contributed by atoms with Gasteiger partial charge in [0.25, 0.3) is 5.69 Å². The molecule has 1 unspecified atom stereocenters. The van der Waals surface area contributed by atoms with Crippen LogP contribution in [-0.4, -0.2) is 56.1 Å². The Bertz CT molecular complexity index is 1360. The highest BCUT2D eigenvalue weighted by Crippen LogP contribution is 2.37. The predicted octanol–water partition coefficient (Wildman–Crippen LogP) is 5.22. The molecule has 5 rings (SSSR count). The number of amides is 2. The number of aliphatic imine (C=N–C) groups is 1. The van der Waals surface area contributed by atoms with Crippen LogP contribution in [0.4, 0.5) is 17.1 Å². The molecule has 0 spiro atoms. The standard InChI is InChI=1S/C29H29N5O4S/c35-27(30-22-11-5-2-6-12-22)19-26-28(36)33(29(39-26)31-24-13-7-8-14-25(24)34(37)38)23-15-17-32(18-16-23)20-21-9-3-1-4-10-21/h1-14,23,26H,15-20H2,(H,30,35). The third-order valence-corrected chi connectivity index (χ3v) is 8.01. The molecule has 2 fully saturated rings. The third-order valence-electron chi connectivity index (χ3n) is 6.86. The van der Waals surface area contributed by atoms with Crippen molar-refractivity contribution in [2.45, 2.75) is 37.1 Å².